The third-order valence-electron chi connectivity index (χ3n) is 9.01. The summed E-state index contributed by atoms with van der Waals surface area (Å²) in [5, 5.41) is 0.924. The quantitative estimate of drug-likeness (QED) is 0.212. The second kappa shape index (κ2) is 8.17. The predicted molar refractivity (Wildman–Crippen MR) is 174 cm³/mol. The Kier molecular flexibility index (Phi) is 5.97. The van der Waals surface area contributed by atoms with Gasteiger partial charge in [0.05, 0.1) is 0 Å². The molecule has 2 aliphatic rings. The summed E-state index contributed by atoms with van der Waals surface area (Å²) in [5.74, 6) is 1.75. The fourth-order valence-electron chi connectivity index (χ4n) is 6.27. The molecule has 2 aliphatic heterocycles. The molecule has 40 heavy (non-hydrogen) atoms. The fourth-order valence-corrected chi connectivity index (χ4v) is 11.8. The topological polar surface area (TPSA) is 18.5 Å². The molecule has 216 valence electrons. The molecule has 0 radical (unpaired) electrons. The molecule has 5 heteroatoms. The van der Waals surface area contributed by atoms with Gasteiger partial charge in [0.15, 0.2) is 0 Å². The van der Waals surface area contributed by atoms with Crippen LogP contribution < -0.4 is 18.2 Å². The second-order valence-corrected chi connectivity index (χ2v) is 21.9. The molecule has 0 aliphatic carbocycles. The van der Waals surface area contributed by atoms with Gasteiger partial charge in [-0.3, -0.25) is 0 Å². The van der Waals surface area contributed by atoms with Gasteiger partial charge in [0.25, 0.3) is 0 Å². The zero-order valence-electron chi connectivity index (χ0n) is 26.8. The predicted octanol–water partition coefficient (Wildman–Crippen LogP) is 9.47. The van der Waals surface area contributed by atoms with Crippen molar-refractivity contribution < 1.29 is 8.85 Å². The van der Waals surface area contributed by atoms with E-state index in [9.17, 15) is 0 Å². The maximum absolute atomic E-state index is 8.28. The van der Waals surface area contributed by atoms with Crippen molar-refractivity contribution in [2.45, 2.75) is 105 Å². The number of rotatable bonds is 1. The summed E-state index contributed by atoms with van der Waals surface area (Å²) < 4.78 is 15.0. The molecule has 0 aromatic heterocycles. The van der Waals surface area contributed by atoms with E-state index in [1.165, 1.54) is 22.3 Å². The van der Waals surface area contributed by atoms with Crippen LogP contribution >= 0.6 is 11.1 Å². The monoisotopic (exact) mass is 577 g/mol. The molecule has 3 nitrogen and oxygen atoms in total. The van der Waals surface area contributed by atoms with Crippen molar-refractivity contribution in [1.29, 1.82) is 0 Å². The average molecular weight is 578 g/mol. The minimum absolute atomic E-state index is 0.0536. The number of benzene rings is 3. The Morgan fingerprint density at radius 2 is 0.950 bits per heavy atom. The third-order valence-corrected chi connectivity index (χ3v) is 15.5. The Labute approximate surface area is 247 Å². The molecular formula is C35H48ClNO2Si. The van der Waals surface area contributed by atoms with Crippen LogP contribution in [0.4, 0.5) is 11.4 Å². The first-order valence-corrected chi connectivity index (χ1v) is 17.9. The van der Waals surface area contributed by atoms with E-state index >= 15 is 0 Å². The van der Waals surface area contributed by atoms with Gasteiger partial charge >= 0.3 is 248 Å². The molecule has 0 unspecified atom stereocenters. The van der Waals surface area contributed by atoms with Crippen LogP contribution in [0.2, 0.25) is 0 Å². The molecule has 5 rings (SSSR count). The summed E-state index contributed by atoms with van der Waals surface area (Å²) in [6.07, 6.45) is 0. The van der Waals surface area contributed by atoms with Gasteiger partial charge in [0.2, 0.25) is 0 Å². The van der Waals surface area contributed by atoms with E-state index in [1.807, 2.05) is 18.2 Å². The Balaban J connectivity index is 2.01. The molecule has 0 bridgehead atoms. The first-order valence-electron chi connectivity index (χ1n) is 14.6. The molecular weight excluding hydrogens is 530 g/mol. The standard InChI is InChI=1S/C35H48ClNO2Si/c1-32(2,3)23-19-26(34(7,8)9)30-28(21-23)37(13)29-22-24(33(4,5)6)20-27(35(10,11)12)31(29)39-40(37,36,38-30)25-17-15-14-16-18-25/h14-22H,1-13H3. The van der Waals surface area contributed by atoms with Gasteiger partial charge in [-0.05, 0) is 0 Å². The van der Waals surface area contributed by atoms with Crippen LogP contribution in [-0.4, -0.2) is 14.4 Å². The summed E-state index contributed by atoms with van der Waals surface area (Å²) in [7, 11) is -2.33. The summed E-state index contributed by atoms with van der Waals surface area (Å²) in [4.78, 5) is 0. The molecule has 3 aromatic rings. The Morgan fingerprint density at radius 1 is 0.575 bits per heavy atom. The number of hydrogen-bond acceptors (Lipinski definition) is 2. The van der Waals surface area contributed by atoms with Crippen LogP contribution in [0, 0.1) is 0 Å². The van der Waals surface area contributed by atoms with Crippen molar-refractivity contribution in [2.24, 2.45) is 0 Å². The molecule has 2 heterocycles. The van der Waals surface area contributed by atoms with Crippen LogP contribution in [0.1, 0.15) is 105 Å². The van der Waals surface area contributed by atoms with Gasteiger partial charge in [-0.2, -0.15) is 0 Å². The summed E-state index contributed by atoms with van der Waals surface area (Å²) in [6, 6.07) is 19.7. The first-order chi connectivity index (χ1) is 18.0. The van der Waals surface area contributed by atoms with Crippen molar-refractivity contribution in [1.82, 2.24) is 4.15 Å². The third kappa shape index (κ3) is 3.85. The van der Waals surface area contributed by atoms with E-state index in [1.54, 1.807) is 0 Å². The molecule has 0 N–H and O–H groups in total. The molecule has 0 atom stereocenters. The van der Waals surface area contributed by atoms with Gasteiger partial charge < -0.3 is 0 Å². The van der Waals surface area contributed by atoms with E-state index < -0.39 is 7.31 Å². The van der Waals surface area contributed by atoms with Crippen LogP contribution in [0.25, 0.3) is 0 Å². The first kappa shape index (κ1) is 29.2. The number of fused-ring (bicyclic) bond motifs is 5. The number of halogens is 1. The van der Waals surface area contributed by atoms with E-state index in [-0.39, 0.29) is 21.7 Å². The van der Waals surface area contributed by atoms with Gasteiger partial charge in [-0.1, -0.05) is 0 Å². The van der Waals surface area contributed by atoms with Crippen molar-refractivity contribution >= 4 is 34.9 Å². The van der Waals surface area contributed by atoms with Gasteiger partial charge in [-0.25, -0.2) is 0 Å². The molecule has 0 spiro atoms. The van der Waals surface area contributed by atoms with Crippen molar-refractivity contribution in [3.63, 3.8) is 0 Å². The van der Waals surface area contributed by atoms with Crippen molar-refractivity contribution in [3.8, 4) is 11.5 Å². The summed E-state index contributed by atoms with van der Waals surface area (Å²) in [5.41, 5.74) is 6.66. The van der Waals surface area contributed by atoms with Crippen molar-refractivity contribution in [2.75, 3.05) is 7.05 Å². The second-order valence-electron chi connectivity index (χ2n) is 16.2. The van der Waals surface area contributed by atoms with E-state index in [0.29, 0.717) is 4.15 Å². The maximum atomic E-state index is 8.28. The van der Waals surface area contributed by atoms with Crippen LogP contribution in [0.15, 0.2) is 54.6 Å². The SMILES string of the molecule is CC(C)(C)c1cc(C(C)(C)C)c2c(c1)[N+]1(C)c3cc(C(C)(C)C)cc(C(C)(C)C)c3O[Si-]1(Cl)(c1ccccc1)O2. The van der Waals surface area contributed by atoms with Crippen LogP contribution in [-0.2, 0) is 21.7 Å². The zero-order valence-corrected chi connectivity index (χ0v) is 28.6. The van der Waals surface area contributed by atoms with Gasteiger partial charge in [0.1, 0.15) is 0 Å². The van der Waals surface area contributed by atoms with E-state index in [4.69, 9.17) is 19.9 Å². The summed E-state index contributed by atoms with van der Waals surface area (Å²) in [6.45, 7) is 27.2. The van der Waals surface area contributed by atoms with Crippen LogP contribution in [0.5, 0.6) is 11.5 Å². The van der Waals surface area contributed by atoms with Crippen molar-refractivity contribution in [3.05, 3.63) is 76.9 Å². The molecule has 0 amide bonds. The molecule has 3 aromatic carbocycles. The van der Waals surface area contributed by atoms with Gasteiger partial charge in [-0.15, -0.1) is 0 Å². The Morgan fingerprint density at radius 3 is 1.27 bits per heavy atom. The Hall–Kier alpha value is -2.27. The number of hydrogen-bond donors (Lipinski definition) is 0. The Bertz CT molecular complexity index is 1430. The van der Waals surface area contributed by atoms with Gasteiger partial charge in [0, 0.05) is 0 Å². The van der Waals surface area contributed by atoms with E-state index in [0.717, 1.165) is 28.1 Å². The normalized spacial score (nSPS) is 22.3. The molecule has 0 fully saturated rings. The average Bonchev–Trinajstić information content (AvgIpc) is 3.14. The fraction of sp³-hybridized carbons (Fsp3) is 0.486. The molecule has 0 saturated carbocycles. The number of quaternary nitrogens is 1. The van der Waals surface area contributed by atoms with Crippen LogP contribution in [0.3, 0.4) is 0 Å². The minimum atomic E-state index is -4.57. The number of nitrogens with zero attached hydrogens (tertiary/aromatic N) is 1. The summed E-state index contributed by atoms with van der Waals surface area (Å²) >= 11 is 8.28. The molecule has 0 saturated heterocycles. The zero-order chi connectivity index (χ0) is 29.9. The van der Waals surface area contributed by atoms with E-state index in [2.05, 4.69) is 127 Å².